The van der Waals surface area contributed by atoms with Gasteiger partial charge in [-0.2, -0.15) is 0 Å². The fourth-order valence-electron chi connectivity index (χ4n) is 6.09. The van der Waals surface area contributed by atoms with Gasteiger partial charge in [0.15, 0.2) is 40.4 Å². The summed E-state index contributed by atoms with van der Waals surface area (Å²) >= 11 is 6.29. The van der Waals surface area contributed by atoms with E-state index in [2.05, 4.69) is 10.6 Å². The van der Waals surface area contributed by atoms with Crippen molar-refractivity contribution in [1.82, 2.24) is 10.2 Å². The van der Waals surface area contributed by atoms with Crippen LogP contribution in [0.2, 0.25) is 5.02 Å². The molecule has 1 aromatic carbocycles. The number of carbonyl (C=O) groups is 6. The van der Waals surface area contributed by atoms with E-state index in [9.17, 15) is 39.0 Å². The second-order valence-electron chi connectivity index (χ2n) is 9.98. The monoisotopic (exact) mass is 534 g/mol. The van der Waals surface area contributed by atoms with Crippen LogP contribution in [0.5, 0.6) is 5.75 Å². The third-order valence-corrected chi connectivity index (χ3v) is 7.90. The summed E-state index contributed by atoms with van der Waals surface area (Å²) in [5.74, 6) is -12.1. The number of benzene rings is 1. The molecular formula is C24H27ClN4O8. The first-order valence-corrected chi connectivity index (χ1v) is 12.0. The van der Waals surface area contributed by atoms with Crippen molar-refractivity contribution < 1.29 is 39.0 Å². The van der Waals surface area contributed by atoms with Crippen LogP contribution in [0.1, 0.15) is 22.3 Å². The molecule has 0 aliphatic heterocycles. The van der Waals surface area contributed by atoms with E-state index in [1.165, 1.54) is 32.1 Å². The normalized spacial score (nSPS) is 31.0. The SMILES string of the molecule is CNCC(=O)Nc1c(Cl)cc2c(c1O)C(=O)C1C(=O)[C@]3(O)C(=O)C(C(N)=O)C(=O)[C@@H](N(C)C)C3CC1C2. The number of carbonyl (C=O) groups excluding carboxylic acids is 6. The maximum Gasteiger partial charge on any atom is 0.238 e. The number of phenolic OH excluding ortho intramolecular Hbond substituents is 1. The molecular weight excluding hydrogens is 508 g/mol. The summed E-state index contributed by atoms with van der Waals surface area (Å²) in [5.41, 5.74) is 2.35. The van der Waals surface area contributed by atoms with Crippen LogP contribution in [0, 0.1) is 23.7 Å². The van der Waals surface area contributed by atoms with Gasteiger partial charge in [0.05, 0.1) is 29.1 Å². The molecule has 0 aromatic heterocycles. The minimum Gasteiger partial charge on any atom is -0.505 e. The van der Waals surface area contributed by atoms with E-state index in [4.69, 9.17) is 17.3 Å². The molecule has 3 aliphatic carbocycles. The molecule has 198 valence electrons. The summed E-state index contributed by atoms with van der Waals surface area (Å²) in [6, 6.07) is 0.234. The van der Waals surface area contributed by atoms with Crippen LogP contribution in [0.4, 0.5) is 5.69 Å². The summed E-state index contributed by atoms with van der Waals surface area (Å²) in [6.45, 7) is -0.104. The first-order valence-electron chi connectivity index (χ1n) is 11.6. The van der Waals surface area contributed by atoms with Crippen molar-refractivity contribution in [2.75, 3.05) is 33.0 Å². The highest BCUT2D eigenvalue weighted by atomic mass is 35.5. The number of phenols is 1. The molecule has 2 saturated carbocycles. The number of halogens is 1. The highest BCUT2D eigenvalue weighted by molar-refractivity contribution is 6.35. The van der Waals surface area contributed by atoms with E-state index in [1.54, 1.807) is 0 Å². The van der Waals surface area contributed by atoms with E-state index in [0.717, 1.165) is 0 Å². The average Bonchev–Trinajstić information content (AvgIpc) is 2.78. The molecule has 4 rings (SSSR count). The molecule has 2 amide bonds. The number of fused-ring (bicyclic) bond motifs is 3. The molecule has 3 aliphatic rings. The smallest absolute Gasteiger partial charge is 0.238 e. The maximum absolute atomic E-state index is 13.8. The van der Waals surface area contributed by atoms with Gasteiger partial charge >= 0.3 is 0 Å². The Hall–Kier alpha value is -3.19. The van der Waals surface area contributed by atoms with Crippen LogP contribution in [-0.4, -0.2) is 89.4 Å². The van der Waals surface area contributed by atoms with Gasteiger partial charge in [0.1, 0.15) is 5.69 Å². The predicted molar refractivity (Wildman–Crippen MR) is 129 cm³/mol. The lowest BCUT2D eigenvalue weighted by Crippen LogP contribution is -2.74. The van der Waals surface area contributed by atoms with Crippen LogP contribution >= 0.6 is 11.6 Å². The molecule has 0 saturated heterocycles. The average molecular weight is 535 g/mol. The summed E-state index contributed by atoms with van der Waals surface area (Å²) in [5, 5.41) is 27.5. The predicted octanol–water partition coefficient (Wildman–Crippen LogP) is -1.32. The number of anilines is 1. The number of amides is 2. The molecule has 6 atom stereocenters. The van der Waals surface area contributed by atoms with Crippen molar-refractivity contribution in [3.05, 3.63) is 22.2 Å². The Morgan fingerprint density at radius 1 is 1.22 bits per heavy atom. The quantitative estimate of drug-likeness (QED) is 0.223. The molecule has 37 heavy (non-hydrogen) atoms. The zero-order valence-electron chi connectivity index (χ0n) is 20.3. The highest BCUT2D eigenvalue weighted by Gasteiger charge is 2.69. The number of ketones is 4. The van der Waals surface area contributed by atoms with Gasteiger partial charge < -0.3 is 26.6 Å². The lowest BCUT2D eigenvalue weighted by Gasteiger charge is -2.52. The van der Waals surface area contributed by atoms with Gasteiger partial charge in [0.25, 0.3) is 0 Å². The number of nitrogens with one attached hydrogen (secondary N) is 2. The number of aliphatic hydroxyl groups is 1. The fourth-order valence-corrected chi connectivity index (χ4v) is 6.36. The Kier molecular flexibility index (Phi) is 6.74. The van der Waals surface area contributed by atoms with Crippen molar-refractivity contribution in [1.29, 1.82) is 0 Å². The maximum atomic E-state index is 13.8. The van der Waals surface area contributed by atoms with Crippen molar-refractivity contribution in [2.45, 2.75) is 24.5 Å². The molecule has 1 aromatic rings. The van der Waals surface area contributed by atoms with Crippen molar-refractivity contribution in [3.63, 3.8) is 0 Å². The van der Waals surface area contributed by atoms with Crippen LogP contribution in [0.25, 0.3) is 0 Å². The van der Waals surface area contributed by atoms with Gasteiger partial charge in [-0.3, -0.25) is 33.7 Å². The van der Waals surface area contributed by atoms with Gasteiger partial charge in [0.2, 0.25) is 11.8 Å². The number of aromatic hydroxyl groups is 1. The first kappa shape index (κ1) is 26.9. The number of nitrogens with zero attached hydrogens (tertiary/aromatic N) is 1. The summed E-state index contributed by atoms with van der Waals surface area (Å²) in [6.07, 6.45) is 0.00674. The lowest BCUT2D eigenvalue weighted by atomic mass is 9.52. The van der Waals surface area contributed by atoms with Crippen LogP contribution in [0.3, 0.4) is 0 Å². The minimum absolute atomic E-state index is 0.0240. The molecule has 13 heteroatoms. The van der Waals surface area contributed by atoms with Crippen molar-refractivity contribution in [3.8, 4) is 5.75 Å². The third kappa shape index (κ3) is 3.86. The number of hydrogen-bond donors (Lipinski definition) is 5. The van der Waals surface area contributed by atoms with Gasteiger partial charge in [-0.1, -0.05) is 11.6 Å². The van der Waals surface area contributed by atoms with Gasteiger partial charge in [-0.05, 0) is 51.5 Å². The van der Waals surface area contributed by atoms with E-state index < -0.39 is 76.0 Å². The summed E-state index contributed by atoms with van der Waals surface area (Å²) < 4.78 is 0. The van der Waals surface area contributed by atoms with Crippen molar-refractivity contribution >= 4 is 52.2 Å². The molecule has 12 nitrogen and oxygen atoms in total. The Morgan fingerprint density at radius 3 is 2.43 bits per heavy atom. The number of Topliss-reactive ketones (excluding diaryl/α,β-unsaturated/α-hetero) is 4. The standard InChI is InChI=1S/C24H27ClN4O8/c1-27-7-12(30)28-16-11(25)6-9-4-8-5-10-17(29(2)3)20(33)15(23(26)36)22(35)24(10,37)21(34)14(8)18(31)13(9)19(16)32/h6,8,10,14-15,17,27,32,37H,4-5,7H2,1-3H3,(H2,26,36)(H,28,30)/t8?,10?,14?,15?,17-,24-/m0/s1. The molecule has 6 N–H and O–H groups in total. The highest BCUT2D eigenvalue weighted by Crippen LogP contribution is 2.52. The minimum atomic E-state index is -2.80. The van der Waals surface area contributed by atoms with E-state index >= 15 is 0 Å². The van der Waals surface area contributed by atoms with E-state index in [-0.39, 0.29) is 35.7 Å². The largest absolute Gasteiger partial charge is 0.505 e. The molecule has 2 fully saturated rings. The second kappa shape index (κ2) is 9.28. The molecule has 4 unspecified atom stereocenters. The zero-order valence-corrected chi connectivity index (χ0v) is 21.1. The van der Waals surface area contributed by atoms with E-state index in [0.29, 0.717) is 5.56 Å². The molecule has 0 spiro atoms. The van der Waals surface area contributed by atoms with E-state index in [1.807, 2.05) is 0 Å². The number of primary amides is 1. The van der Waals surface area contributed by atoms with Gasteiger partial charge in [-0.15, -0.1) is 0 Å². The summed E-state index contributed by atoms with van der Waals surface area (Å²) in [4.78, 5) is 79.2. The van der Waals surface area contributed by atoms with Gasteiger partial charge in [-0.25, -0.2) is 0 Å². The number of nitrogens with two attached hydrogens (primary N) is 1. The molecule has 0 bridgehead atoms. The van der Waals surface area contributed by atoms with Crippen LogP contribution in [0.15, 0.2) is 6.07 Å². The van der Waals surface area contributed by atoms with Gasteiger partial charge in [0, 0.05) is 5.92 Å². The second-order valence-corrected chi connectivity index (χ2v) is 10.4. The number of likely N-dealkylation sites (N-methyl/N-ethyl adjacent to an activating group) is 2. The summed E-state index contributed by atoms with van der Waals surface area (Å²) in [7, 11) is 4.56. The Balaban J connectivity index is 1.82. The molecule has 0 radical (unpaired) electrons. The third-order valence-electron chi connectivity index (χ3n) is 7.61. The molecule has 0 heterocycles. The number of rotatable bonds is 5. The fraction of sp³-hybridized carbons (Fsp3) is 0.500. The zero-order chi connectivity index (χ0) is 27.6. The van der Waals surface area contributed by atoms with Crippen LogP contribution < -0.4 is 16.4 Å². The Morgan fingerprint density at radius 2 is 1.86 bits per heavy atom. The van der Waals surface area contributed by atoms with Crippen LogP contribution in [-0.2, 0) is 30.4 Å². The van der Waals surface area contributed by atoms with Crippen molar-refractivity contribution in [2.24, 2.45) is 29.4 Å². The topological polar surface area (TPSA) is 196 Å². The Bertz CT molecular complexity index is 1260. The Labute approximate surface area is 216 Å². The number of hydrogen-bond acceptors (Lipinski definition) is 10. The lowest BCUT2D eigenvalue weighted by molar-refractivity contribution is -0.181. The first-order chi connectivity index (χ1) is 17.3.